The van der Waals surface area contributed by atoms with Gasteiger partial charge in [0.1, 0.15) is 11.5 Å². The van der Waals surface area contributed by atoms with Crippen LogP contribution in [-0.4, -0.2) is 64.3 Å². The van der Waals surface area contributed by atoms with Crippen molar-refractivity contribution in [3.63, 3.8) is 0 Å². The van der Waals surface area contributed by atoms with Crippen molar-refractivity contribution < 1.29 is 14.0 Å². The van der Waals surface area contributed by atoms with Gasteiger partial charge < -0.3 is 19.9 Å². The summed E-state index contributed by atoms with van der Waals surface area (Å²) in [7, 11) is 1.49. The van der Waals surface area contributed by atoms with Crippen molar-refractivity contribution in [2.24, 2.45) is 0 Å². The van der Waals surface area contributed by atoms with Crippen LogP contribution in [0.15, 0.2) is 24.4 Å². The normalized spacial score (nSPS) is 18.5. The molecule has 5 rings (SSSR count). The number of hydrogen-bond acceptors (Lipinski definition) is 6. The number of pyridine rings is 2. The molecule has 1 atom stereocenters. The molecule has 0 bridgehead atoms. The lowest BCUT2D eigenvalue weighted by Crippen LogP contribution is -2.46. The summed E-state index contributed by atoms with van der Waals surface area (Å²) >= 11 is 0. The molecule has 0 spiro atoms. The first-order chi connectivity index (χ1) is 15.9. The third-order valence-electron chi connectivity index (χ3n) is 6.46. The van der Waals surface area contributed by atoms with E-state index in [0.717, 1.165) is 41.4 Å². The molecule has 0 radical (unpaired) electrons. The Labute approximate surface area is 190 Å². The number of carbonyl (C=O) groups is 2. The van der Waals surface area contributed by atoms with Crippen molar-refractivity contribution in [2.75, 3.05) is 43.4 Å². The molecule has 0 unspecified atom stereocenters. The van der Waals surface area contributed by atoms with Crippen LogP contribution in [-0.2, 0) is 11.3 Å². The van der Waals surface area contributed by atoms with Crippen molar-refractivity contribution in [1.29, 1.82) is 0 Å². The molecule has 33 heavy (non-hydrogen) atoms. The van der Waals surface area contributed by atoms with Gasteiger partial charge in [0.25, 0.3) is 5.91 Å². The first-order valence-corrected chi connectivity index (χ1v) is 11.0. The quantitative estimate of drug-likeness (QED) is 0.589. The second-order valence-corrected chi connectivity index (χ2v) is 8.58. The third-order valence-corrected chi connectivity index (χ3v) is 6.46. The number of amides is 2. The second-order valence-electron chi connectivity index (χ2n) is 8.58. The maximum Gasteiger partial charge on any atom is 0.269 e. The Balaban J connectivity index is 1.30. The molecule has 172 valence electrons. The standard InChI is InChI=1S/C23H26FN7O2/c1-13-19-20-17(28-22(13)32)10-15(12-31(20)14(2)26-19)11-29-6-8-30(9-7-29)18-5-4-16(23(33)25-3)27-21(18)24/h4-5,10,12-13H,6-9,11H2,1-3H3,(H,25,33)(H,28,32)/t13-/m0/s1. The Morgan fingerprint density at radius 3 is 2.70 bits per heavy atom. The van der Waals surface area contributed by atoms with Gasteiger partial charge in [-0.15, -0.1) is 0 Å². The lowest BCUT2D eigenvalue weighted by molar-refractivity contribution is -0.117. The molecule has 3 aromatic heterocycles. The molecule has 3 aromatic rings. The zero-order valence-electron chi connectivity index (χ0n) is 18.9. The zero-order valence-corrected chi connectivity index (χ0v) is 18.9. The number of nitrogens with one attached hydrogen (secondary N) is 2. The molecule has 10 heteroatoms. The number of hydrogen-bond donors (Lipinski definition) is 2. The predicted octanol–water partition coefficient (Wildman–Crippen LogP) is 1.91. The van der Waals surface area contributed by atoms with Crippen molar-refractivity contribution in [2.45, 2.75) is 26.3 Å². The molecule has 2 amide bonds. The minimum absolute atomic E-state index is 0.0358. The predicted molar refractivity (Wildman–Crippen MR) is 122 cm³/mol. The summed E-state index contributed by atoms with van der Waals surface area (Å²) in [5.41, 5.74) is 4.15. The fraction of sp³-hybridized carbons (Fsp3) is 0.391. The number of rotatable bonds is 4. The smallest absolute Gasteiger partial charge is 0.269 e. The van der Waals surface area contributed by atoms with Gasteiger partial charge in [-0.3, -0.25) is 14.5 Å². The lowest BCUT2D eigenvalue weighted by Gasteiger charge is -2.36. The molecule has 2 aliphatic heterocycles. The van der Waals surface area contributed by atoms with Crippen molar-refractivity contribution >= 4 is 28.7 Å². The summed E-state index contributed by atoms with van der Waals surface area (Å²) in [5, 5.41) is 5.46. The highest BCUT2D eigenvalue weighted by molar-refractivity contribution is 6.04. The maximum absolute atomic E-state index is 14.5. The Kier molecular flexibility index (Phi) is 5.24. The van der Waals surface area contributed by atoms with Crippen molar-refractivity contribution in [3.8, 4) is 0 Å². The number of carbonyl (C=O) groups excluding carboxylic acids is 2. The number of nitrogens with zero attached hydrogens (tertiary/aromatic N) is 5. The van der Waals surface area contributed by atoms with Gasteiger partial charge in [-0.2, -0.15) is 4.39 Å². The van der Waals surface area contributed by atoms with Crippen LogP contribution in [0.2, 0.25) is 0 Å². The first-order valence-electron chi connectivity index (χ1n) is 11.0. The lowest BCUT2D eigenvalue weighted by atomic mass is 10.0. The van der Waals surface area contributed by atoms with Crippen LogP contribution in [0.25, 0.3) is 5.52 Å². The monoisotopic (exact) mass is 451 g/mol. The van der Waals surface area contributed by atoms with Gasteiger partial charge in [0.2, 0.25) is 11.9 Å². The van der Waals surface area contributed by atoms with Crippen LogP contribution < -0.4 is 15.5 Å². The fourth-order valence-electron chi connectivity index (χ4n) is 4.62. The molecule has 2 N–H and O–H groups in total. The zero-order chi connectivity index (χ0) is 23.3. The van der Waals surface area contributed by atoms with E-state index in [-0.39, 0.29) is 17.5 Å². The van der Waals surface area contributed by atoms with E-state index in [9.17, 15) is 14.0 Å². The van der Waals surface area contributed by atoms with Crippen molar-refractivity contribution in [3.05, 3.63) is 53.1 Å². The second kappa shape index (κ2) is 8.11. The van der Waals surface area contributed by atoms with E-state index >= 15 is 0 Å². The third kappa shape index (κ3) is 3.70. The van der Waals surface area contributed by atoms with Gasteiger partial charge in [-0.1, -0.05) is 0 Å². The summed E-state index contributed by atoms with van der Waals surface area (Å²) in [6, 6.07) is 5.18. The topological polar surface area (TPSA) is 94.9 Å². The number of anilines is 2. The first kappa shape index (κ1) is 21.3. The SMILES string of the molecule is CNC(=O)c1ccc(N2CCN(Cc3cc4c5c(nc(C)n5c3)[C@H](C)C(=O)N4)CC2)c(F)n1. The number of imidazole rings is 1. The Morgan fingerprint density at radius 2 is 2.00 bits per heavy atom. The molecule has 5 heterocycles. The summed E-state index contributed by atoms with van der Waals surface area (Å²) in [4.78, 5) is 36.7. The molecule has 1 fully saturated rings. The highest BCUT2D eigenvalue weighted by Gasteiger charge is 2.29. The van der Waals surface area contributed by atoms with Gasteiger partial charge in [0.15, 0.2) is 0 Å². The molecule has 9 nitrogen and oxygen atoms in total. The van der Waals surface area contributed by atoms with Gasteiger partial charge in [0.05, 0.1) is 28.5 Å². The molecular weight excluding hydrogens is 425 g/mol. The molecule has 2 aliphatic rings. The molecular formula is C23H26FN7O2. The largest absolute Gasteiger partial charge is 0.365 e. The van der Waals surface area contributed by atoms with Gasteiger partial charge in [-0.25, -0.2) is 9.97 Å². The fourth-order valence-corrected chi connectivity index (χ4v) is 4.62. The summed E-state index contributed by atoms with van der Waals surface area (Å²) < 4.78 is 16.6. The number of halogens is 1. The van der Waals surface area contributed by atoms with Crippen LogP contribution in [0.1, 0.15) is 40.4 Å². The molecule has 0 aromatic carbocycles. The maximum atomic E-state index is 14.5. The van der Waals surface area contributed by atoms with E-state index in [4.69, 9.17) is 0 Å². The number of aromatic nitrogens is 3. The molecule has 0 saturated carbocycles. The number of aryl methyl sites for hydroxylation is 1. The average Bonchev–Trinajstić information content (AvgIpc) is 3.14. The summed E-state index contributed by atoms with van der Waals surface area (Å²) in [5.74, 6) is -0.483. The summed E-state index contributed by atoms with van der Waals surface area (Å²) in [6.07, 6.45) is 2.09. The van der Waals surface area contributed by atoms with Gasteiger partial charge in [-0.05, 0) is 37.6 Å². The van der Waals surface area contributed by atoms with Gasteiger partial charge in [0, 0.05) is 46.0 Å². The van der Waals surface area contributed by atoms with E-state index in [1.54, 1.807) is 12.1 Å². The number of piperazine rings is 1. The Bertz CT molecular complexity index is 1260. The molecule has 0 aliphatic carbocycles. The molecule has 1 saturated heterocycles. The highest BCUT2D eigenvalue weighted by Crippen LogP contribution is 2.34. The van der Waals surface area contributed by atoms with Crippen molar-refractivity contribution in [1.82, 2.24) is 24.6 Å². The average molecular weight is 452 g/mol. The van der Waals surface area contributed by atoms with Gasteiger partial charge >= 0.3 is 0 Å². The minimum atomic E-state index is -0.634. The van der Waals surface area contributed by atoms with E-state index in [2.05, 4.69) is 36.1 Å². The highest BCUT2D eigenvalue weighted by atomic mass is 19.1. The van der Waals surface area contributed by atoms with E-state index < -0.39 is 11.9 Å². The minimum Gasteiger partial charge on any atom is -0.365 e. The summed E-state index contributed by atoms with van der Waals surface area (Å²) in [6.45, 7) is 7.33. The van der Waals surface area contributed by atoms with E-state index in [1.807, 2.05) is 24.8 Å². The van der Waals surface area contributed by atoms with Crippen LogP contribution >= 0.6 is 0 Å². The Morgan fingerprint density at radius 1 is 1.24 bits per heavy atom. The van der Waals surface area contributed by atoms with Crippen LogP contribution in [0.3, 0.4) is 0 Å². The van der Waals surface area contributed by atoms with Crippen LogP contribution in [0.4, 0.5) is 15.8 Å². The van der Waals surface area contributed by atoms with Crippen LogP contribution in [0.5, 0.6) is 0 Å². The van der Waals surface area contributed by atoms with E-state index in [0.29, 0.717) is 25.3 Å². The van der Waals surface area contributed by atoms with E-state index in [1.165, 1.54) is 7.05 Å². The Hall–Kier alpha value is -3.53. The van der Waals surface area contributed by atoms with Crippen LogP contribution in [0, 0.1) is 12.9 Å².